The Balaban J connectivity index is 2.10. The molecule has 0 aliphatic carbocycles. The van der Waals surface area contributed by atoms with Crippen LogP contribution in [0.2, 0.25) is 5.02 Å². The van der Waals surface area contributed by atoms with Crippen molar-refractivity contribution in [1.82, 2.24) is 9.80 Å². The highest BCUT2D eigenvalue weighted by Crippen LogP contribution is 2.39. The second kappa shape index (κ2) is 6.78. The molecular formula is C15H19ClF2N4. The molecule has 1 fully saturated rings. The van der Waals surface area contributed by atoms with Gasteiger partial charge in [0.25, 0.3) is 5.92 Å². The van der Waals surface area contributed by atoms with Gasteiger partial charge in [0.2, 0.25) is 0 Å². The molecule has 2 N–H and O–H groups in total. The van der Waals surface area contributed by atoms with Gasteiger partial charge in [0.1, 0.15) is 0 Å². The molecule has 0 saturated carbocycles. The third-order valence-electron chi connectivity index (χ3n) is 3.96. The van der Waals surface area contributed by atoms with Crippen molar-refractivity contribution in [3.63, 3.8) is 0 Å². The van der Waals surface area contributed by atoms with Gasteiger partial charge in [-0.3, -0.25) is 0 Å². The molecule has 2 rings (SSSR count). The molecule has 1 aromatic carbocycles. The molecule has 7 heteroatoms. The van der Waals surface area contributed by atoms with Crippen LogP contribution < -0.4 is 5.73 Å². The number of nitrogens with two attached hydrogens (primary N) is 1. The number of anilines is 1. The molecule has 1 heterocycles. The van der Waals surface area contributed by atoms with Crippen molar-refractivity contribution in [2.24, 2.45) is 0 Å². The van der Waals surface area contributed by atoms with Crippen LogP contribution in [-0.2, 0) is 5.92 Å². The number of nitrogens with zero attached hydrogens (tertiary/aromatic N) is 3. The Morgan fingerprint density at radius 3 is 2.55 bits per heavy atom. The highest BCUT2D eigenvalue weighted by atomic mass is 35.5. The fourth-order valence-corrected chi connectivity index (χ4v) is 2.73. The monoisotopic (exact) mass is 328 g/mol. The molecule has 0 unspecified atom stereocenters. The molecule has 1 aliphatic rings. The molecular weight excluding hydrogens is 310 g/mol. The molecule has 1 aromatic rings. The summed E-state index contributed by atoms with van der Waals surface area (Å²) in [5.41, 5.74) is 5.36. The summed E-state index contributed by atoms with van der Waals surface area (Å²) < 4.78 is 28.9. The normalized spacial score (nSPS) is 17.4. The lowest BCUT2D eigenvalue weighted by atomic mass is 10.0. The summed E-state index contributed by atoms with van der Waals surface area (Å²) in [4.78, 5) is 4.18. The summed E-state index contributed by atoms with van der Waals surface area (Å²) in [6.45, 7) is 3.60. The van der Waals surface area contributed by atoms with Crippen LogP contribution in [0.1, 0.15) is 17.5 Å². The average Bonchev–Trinajstić information content (AvgIpc) is 2.49. The number of hydrogen-bond acceptors (Lipinski definition) is 4. The van der Waals surface area contributed by atoms with Crippen molar-refractivity contribution in [3.05, 3.63) is 28.3 Å². The quantitative estimate of drug-likeness (QED) is 0.863. The lowest BCUT2D eigenvalue weighted by Crippen LogP contribution is -2.45. The van der Waals surface area contributed by atoms with E-state index in [9.17, 15) is 8.78 Å². The third-order valence-corrected chi connectivity index (χ3v) is 4.38. The molecule has 0 atom stereocenters. The van der Waals surface area contributed by atoms with Crippen LogP contribution in [0.15, 0.2) is 12.1 Å². The van der Waals surface area contributed by atoms with Gasteiger partial charge in [0.05, 0.1) is 22.3 Å². The summed E-state index contributed by atoms with van der Waals surface area (Å²) in [5.74, 6) is -3.11. The first-order valence-electron chi connectivity index (χ1n) is 7.12. The van der Waals surface area contributed by atoms with Crippen LogP contribution >= 0.6 is 11.6 Å². The van der Waals surface area contributed by atoms with E-state index in [0.29, 0.717) is 0 Å². The van der Waals surface area contributed by atoms with Crippen LogP contribution in [0.25, 0.3) is 0 Å². The maximum atomic E-state index is 14.5. The lowest BCUT2D eigenvalue weighted by Gasteiger charge is -2.33. The van der Waals surface area contributed by atoms with Gasteiger partial charge in [-0.1, -0.05) is 11.6 Å². The minimum Gasteiger partial charge on any atom is -0.397 e. The number of nitriles is 1. The molecule has 0 aromatic heterocycles. The Hall–Kier alpha value is -1.42. The Kier molecular flexibility index (Phi) is 5.22. The predicted molar refractivity (Wildman–Crippen MR) is 83.0 cm³/mol. The van der Waals surface area contributed by atoms with Crippen LogP contribution in [-0.4, -0.2) is 49.6 Å². The Labute approximate surface area is 134 Å². The number of nitrogen functional groups attached to an aromatic ring is 1. The van der Waals surface area contributed by atoms with Crippen molar-refractivity contribution in [2.45, 2.75) is 12.3 Å². The molecule has 1 saturated heterocycles. The minimum absolute atomic E-state index is 0.00925. The van der Waals surface area contributed by atoms with E-state index >= 15 is 0 Å². The zero-order valence-corrected chi connectivity index (χ0v) is 13.2. The Morgan fingerprint density at radius 2 is 1.95 bits per heavy atom. The standard InChI is InChI=1S/C15H19ClF2N4/c1-21-4-6-22(7-5-21)3-2-15(17,18)12-8-11(10-19)9-13(20)14(12)16/h8-9H,2-7,20H2,1H3. The first kappa shape index (κ1) is 16.9. The van der Waals surface area contributed by atoms with Gasteiger partial charge in [-0.2, -0.15) is 5.26 Å². The SMILES string of the molecule is CN1CCN(CCC(F)(F)c2cc(C#N)cc(N)c2Cl)CC1. The van der Waals surface area contributed by atoms with E-state index < -0.39 is 5.92 Å². The van der Waals surface area contributed by atoms with E-state index in [4.69, 9.17) is 22.6 Å². The number of likely N-dealkylation sites (N-methyl/N-ethyl adjacent to an activating group) is 1. The zero-order chi connectivity index (χ0) is 16.3. The number of halogens is 3. The number of benzene rings is 1. The van der Waals surface area contributed by atoms with Crippen LogP contribution in [0.5, 0.6) is 0 Å². The summed E-state index contributed by atoms with van der Waals surface area (Å²) in [7, 11) is 2.02. The molecule has 22 heavy (non-hydrogen) atoms. The van der Waals surface area contributed by atoms with Gasteiger partial charge in [0.15, 0.2) is 0 Å². The number of alkyl halides is 2. The minimum atomic E-state index is -3.11. The highest BCUT2D eigenvalue weighted by molar-refractivity contribution is 6.34. The average molecular weight is 329 g/mol. The first-order valence-corrected chi connectivity index (χ1v) is 7.49. The fourth-order valence-electron chi connectivity index (χ4n) is 2.48. The predicted octanol–water partition coefficient (Wildman–Crippen LogP) is 2.52. The van der Waals surface area contributed by atoms with E-state index in [1.807, 2.05) is 18.0 Å². The summed E-state index contributed by atoms with van der Waals surface area (Å²) >= 11 is 5.91. The Bertz CT molecular complexity index is 578. The molecule has 1 aliphatic heterocycles. The molecule has 0 spiro atoms. The van der Waals surface area contributed by atoms with Gasteiger partial charge in [-0.15, -0.1) is 0 Å². The van der Waals surface area contributed by atoms with Gasteiger partial charge in [-0.05, 0) is 19.2 Å². The Morgan fingerprint density at radius 1 is 1.32 bits per heavy atom. The second-order valence-electron chi connectivity index (χ2n) is 5.64. The first-order chi connectivity index (χ1) is 10.3. The van der Waals surface area contributed by atoms with Crippen molar-refractivity contribution >= 4 is 17.3 Å². The van der Waals surface area contributed by atoms with Crippen molar-refractivity contribution in [1.29, 1.82) is 5.26 Å². The van der Waals surface area contributed by atoms with E-state index in [1.54, 1.807) is 0 Å². The van der Waals surface area contributed by atoms with E-state index in [-0.39, 0.29) is 34.8 Å². The van der Waals surface area contributed by atoms with Gasteiger partial charge in [-0.25, -0.2) is 8.78 Å². The smallest absolute Gasteiger partial charge is 0.276 e. The van der Waals surface area contributed by atoms with Gasteiger partial charge < -0.3 is 15.5 Å². The number of rotatable bonds is 4. The maximum Gasteiger partial charge on any atom is 0.276 e. The summed E-state index contributed by atoms with van der Waals surface area (Å²) in [5, 5.41) is 8.73. The van der Waals surface area contributed by atoms with Crippen LogP contribution in [0.3, 0.4) is 0 Å². The third kappa shape index (κ3) is 3.86. The summed E-state index contributed by atoms with van der Waals surface area (Å²) in [6.07, 6.45) is -0.343. The van der Waals surface area contributed by atoms with Crippen LogP contribution in [0.4, 0.5) is 14.5 Å². The zero-order valence-electron chi connectivity index (χ0n) is 12.5. The molecule has 0 amide bonds. The van der Waals surface area contributed by atoms with Crippen molar-refractivity contribution in [2.75, 3.05) is 45.5 Å². The maximum absolute atomic E-state index is 14.5. The highest BCUT2D eigenvalue weighted by Gasteiger charge is 2.35. The molecule has 4 nitrogen and oxygen atoms in total. The topological polar surface area (TPSA) is 56.3 Å². The molecule has 0 bridgehead atoms. The summed E-state index contributed by atoms with van der Waals surface area (Å²) in [6, 6.07) is 4.27. The molecule has 0 radical (unpaired) electrons. The fraction of sp³-hybridized carbons (Fsp3) is 0.533. The van der Waals surface area contributed by atoms with E-state index in [0.717, 1.165) is 32.2 Å². The van der Waals surface area contributed by atoms with Crippen molar-refractivity contribution in [3.8, 4) is 6.07 Å². The molecule has 120 valence electrons. The number of piperazine rings is 1. The van der Waals surface area contributed by atoms with Crippen LogP contribution in [0, 0.1) is 11.3 Å². The number of hydrogen-bond donors (Lipinski definition) is 1. The lowest BCUT2D eigenvalue weighted by molar-refractivity contribution is -0.0246. The van der Waals surface area contributed by atoms with E-state index in [2.05, 4.69) is 4.90 Å². The largest absolute Gasteiger partial charge is 0.397 e. The van der Waals surface area contributed by atoms with E-state index in [1.165, 1.54) is 6.07 Å². The van der Waals surface area contributed by atoms with Gasteiger partial charge >= 0.3 is 0 Å². The van der Waals surface area contributed by atoms with Crippen molar-refractivity contribution < 1.29 is 8.78 Å². The second-order valence-corrected chi connectivity index (χ2v) is 6.02. The van der Waals surface area contributed by atoms with Gasteiger partial charge in [0, 0.05) is 44.7 Å².